The third kappa shape index (κ3) is 4.61. The highest BCUT2D eigenvalue weighted by Gasteiger charge is 2.05. The summed E-state index contributed by atoms with van der Waals surface area (Å²) in [7, 11) is 0. The minimum Gasteiger partial charge on any atom is -0.193 e. The molecule has 1 aliphatic rings. The van der Waals surface area contributed by atoms with E-state index >= 15 is 0 Å². The lowest BCUT2D eigenvalue weighted by Gasteiger charge is -1.95. The monoisotopic (exact) mass is 211 g/mol. The second-order valence-electron chi connectivity index (χ2n) is 3.75. The van der Waals surface area contributed by atoms with Gasteiger partial charge in [-0.05, 0) is 31.2 Å². The van der Waals surface area contributed by atoms with E-state index in [1.165, 1.54) is 37.3 Å². The summed E-state index contributed by atoms with van der Waals surface area (Å²) in [5.74, 6) is 0. The summed E-state index contributed by atoms with van der Waals surface area (Å²) in [6.45, 7) is 3.12. The van der Waals surface area contributed by atoms with E-state index in [1.54, 1.807) is 11.6 Å². The molecule has 0 unspecified atom stereocenters. The standard InChI is InChI=1S/C12H14.C3H3N/c1-2-6-11(7-3-1)10-12-8-4-5-9-12;1-2-3-4/h1-3,6-7,10H,4-5,8-9H2;2H,1H2. The number of benzene rings is 1. The Kier molecular flexibility index (Phi) is 5.73. The molecule has 1 aromatic carbocycles. The number of hydrogen-bond donors (Lipinski definition) is 0. The summed E-state index contributed by atoms with van der Waals surface area (Å²) in [5, 5.41) is 7.51. The normalized spacial score (nSPS) is 13.3. The van der Waals surface area contributed by atoms with E-state index < -0.39 is 0 Å². The van der Waals surface area contributed by atoms with Crippen molar-refractivity contribution in [1.82, 2.24) is 0 Å². The highest BCUT2D eigenvalue weighted by molar-refractivity contribution is 5.52. The van der Waals surface area contributed by atoms with Gasteiger partial charge in [0.25, 0.3) is 0 Å². The Bertz CT molecular complexity index is 374. The van der Waals surface area contributed by atoms with Crippen LogP contribution in [0.15, 0.2) is 48.6 Å². The van der Waals surface area contributed by atoms with Crippen LogP contribution in [0.4, 0.5) is 0 Å². The molecule has 0 bridgehead atoms. The van der Waals surface area contributed by atoms with Gasteiger partial charge in [-0.15, -0.1) is 0 Å². The van der Waals surface area contributed by atoms with Crippen molar-refractivity contribution in [3.63, 3.8) is 0 Å². The summed E-state index contributed by atoms with van der Waals surface area (Å²) in [5.41, 5.74) is 2.98. The van der Waals surface area contributed by atoms with Gasteiger partial charge in [-0.25, -0.2) is 0 Å². The predicted octanol–water partition coefficient (Wildman–Crippen LogP) is 4.34. The number of nitrogens with zero attached hydrogens (tertiary/aromatic N) is 1. The summed E-state index contributed by atoms with van der Waals surface area (Å²) < 4.78 is 0. The SMILES string of the molecule is C(=C1CCCC1)c1ccccc1.C=CC#N. The van der Waals surface area contributed by atoms with Gasteiger partial charge in [0.2, 0.25) is 0 Å². The lowest BCUT2D eigenvalue weighted by Crippen LogP contribution is -1.73. The van der Waals surface area contributed by atoms with Crippen molar-refractivity contribution >= 4 is 6.08 Å². The number of hydrogen-bond acceptors (Lipinski definition) is 1. The number of nitriles is 1. The Morgan fingerprint density at radius 1 is 1.12 bits per heavy atom. The molecule has 0 aliphatic heterocycles. The maximum absolute atomic E-state index is 7.51. The molecule has 1 fully saturated rings. The van der Waals surface area contributed by atoms with Crippen LogP contribution >= 0.6 is 0 Å². The minimum atomic E-state index is 1.18. The third-order valence-corrected chi connectivity index (χ3v) is 2.51. The summed E-state index contributed by atoms with van der Waals surface area (Å²) >= 11 is 0. The smallest absolute Gasteiger partial charge is 0.0905 e. The van der Waals surface area contributed by atoms with Crippen molar-refractivity contribution in [2.45, 2.75) is 25.7 Å². The first kappa shape index (κ1) is 12.3. The van der Waals surface area contributed by atoms with Crippen LogP contribution in [0.1, 0.15) is 31.2 Å². The molecular formula is C15H17N. The van der Waals surface area contributed by atoms with Gasteiger partial charge in [0, 0.05) is 6.08 Å². The first-order chi connectivity index (χ1) is 7.86. The van der Waals surface area contributed by atoms with Gasteiger partial charge in [-0.1, -0.05) is 48.6 Å². The van der Waals surface area contributed by atoms with Gasteiger partial charge < -0.3 is 0 Å². The third-order valence-electron chi connectivity index (χ3n) is 2.51. The lowest BCUT2D eigenvalue weighted by molar-refractivity contribution is 0.886. The summed E-state index contributed by atoms with van der Waals surface area (Å²) in [6, 6.07) is 12.3. The van der Waals surface area contributed by atoms with Gasteiger partial charge in [0.15, 0.2) is 0 Å². The van der Waals surface area contributed by atoms with Gasteiger partial charge in [0.1, 0.15) is 0 Å². The Morgan fingerprint density at radius 2 is 1.69 bits per heavy atom. The Labute approximate surface area is 97.7 Å². The van der Waals surface area contributed by atoms with E-state index in [9.17, 15) is 0 Å². The average Bonchev–Trinajstić information content (AvgIpc) is 2.84. The van der Waals surface area contributed by atoms with E-state index in [2.05, 4.69) is 43.0 Å². The molecule has 0 atom stereocenters. The maximum Gasteiger partial charge on any atom is 0.0905 e. The van der Waals surface area contributed by atoms with Crippen LogP contribution in [-0.4, -0.2) is 0 Å². The van der Waals surface area contributed by atoms with Crippen LogP contribution in [0.25, 0.3) is 6.08 Å². The molecule has 0 radical (unpaired) electrons. The largest absolute Gasteiger partial charge is 0.193 e. The van der Waals surface area contributed by atoms with Gasteiger partial charge in [-0.2, -0.15) is 5.26 Å². The quantitative estimate of drug-likeness (QED) is 0.634. The zero-order valence-electron chi connectivity index (χ0n) is 9.52. The first-order valence-electron chi connectivity index (χ1n) is 5.62. The van der Waals surface area contributed by atoms with Crippen LogP contribution in [0.5, 0.6) is 0 Å². The van der Waals surface area contributed by atoms with E-state index in [4.69, 9.17) is 5.26 Å². The van der Waals surface area contributed by atoms with Gasteiger partial charge >= 0.3 is 0 Å². The molecule has 0 saturated heterocycles. The molecule has 0 N–H and O–H groups in total. The van der Waals surface area contributed by atoms with Crippen LogP contribution < -0.4 is 0 Å². The fourth-order valence-electron chi connectivity index (χ4n) is 1.76. The van der Waals surface area contributed by atoms with Crippen LogP contribution in [-0.2, 0) is 0 Å². The highest BCUT2D eigenvalue weighted by Crippen LogP contribution is 2.25. The first-order valence-corrected chi connectivity index (χ1v) is 5.62. The molecule has 1 aromatic rings. The second-order valence-corrected chi connectivity index (χ2v) is 3.75. The van der Waals surface area contributed by atoms with Crippen LogP contribution in [0, 0.1) is 11.3 Å². The van der Waals surface area contributed by atoms with Crippen molar-refractivity contribution in [2.24, 2.45) is 0 Å². The van der Waals surface area contributed by atoms with Crippen molar-refractivity contribution in [3.8, 4) is 6.07 Å². The van der Waals surface area contributed by atoms with E-state index in [1.807, 2.05) is 0 Å². The van der Waals surface area contributed by atoms with Crippen molar-refractivity contribution < 1.29 is 0 Å². The molecule has 0 heterocycles. The highest BCUT2D eigenvalue weighted by atomic mass is 14.2. The maximum atomic E-state index is 7.51. The molecule has 1 heteroatoms. The van der Waals surface area contributed by atoms with E-state index in [0.29, 0.717) is 0 Å². The van der Waals surface area contributed by atoms with Crippen LogP contribution in [0.2, 0.25) is 0 Å². The van der Waals surface area contributed by atoms with Gasteiger partial charge in [-0.3, -0.25) is 0 Å². The zero-order valence-corrected chi connectivity index (χ0v) is 9.52. The second kappa shape index (κ2) is 7.48. The molecule has 0 aromatic heterocycles. The molecule has 82 valence electrons. The van der Waals surface area contributed by atoms with Crippen LogP contribution in [0.3, 0.4) is 0 Å². The molecule has 16 heavy (non-hydrogen) atoms. The predicted molar refractivity (Wildman–Crippen MR) is 68.7 cm³/mol. The summed E-state index contributed by atoms with van der Waals surface area (Å²) in [6.07, 6.45) is 8.92. The molecule has 0 amide bonds. The topological polar surface area (TPSA) is 23.8 Å². The van der Waals surface area contributed by atoms with Crippen molar-refractivity contribution in [1.29, 1.82) is 5.26 Å². The van der Waals surface area contributed by atoms with E-state index in [0.717, 1.165) is 0 Å². The Hall–Kier alpha value is -1.81. The summed E-state index contributed by atoms with van der Waals surface area (Å²) in [4.78, 5) is 0. The zero-order chi connectivity index (χ0) is 11.6. The van der Waals surface area contributed by atoms with Crippen molar-refractivity contribution in [3.05, 3.63) is 54.1 Å². The molecule has 0 spiro atoms. The van der Waals surface area contributed by atoms with Crippen molar-refractivity contribution in [2.75, 3.05) is 0 Å². The Morgan fingerprint density at radius 3 is 2.19 bits per heavy atom. The number of rotatable bonds is 1. The molecular weight excluding hydrogens is 194 g/mol. The van der Waals surface area contributed by atoms with Gasteiger partial charge in [0.05, 0.1) is 6.07 Å². The fraction of sp³-hybridized carbons (Fsp3) is 0.267. The number of allylic oxidation sites excluding steroid dienone is 2. The lowest BCUT2D eigenvalue weighted by atomic mass is 10.1. The molecule has 2 rings (SSSR count). The molecule has 1 saturated carbocycles. The Balaban J connectivity index is 0.000000280. The molecule has 1 aliphatic carbocycles. The average molecular weight is 211 g/mol. The fourth-order valence-corrected chi connectivity index (χ4v) is 1.76. The molecule has 1 nitrogen and oxygen atoms in total. The minimum absolute atomic E-state index is 1.18. The van der Waals surface area contributed by atoms with E-state index in [-0.39, 0.29) is 0 Å².